The topological polar surface area (TPSA) is 123 Å². The lowest BCUT2D eigenvalue weighted by atomic mass is 10.1. The van der Waals surface area contributed by atoms with Crippen molar-refractivity contribution in [3.05, 3.63) is 54.6 Å². The van der Waals surface area contributed by atoms with Crippen LogP contribution >= 0.6 is 0 Å². The van der Waals surface area contributed by atoms with Crippen LogP contribution < -0.4 is 25.8 Å². The molecule has 2 aromatic rings. The van der Waals surface area contributed by atoms with Crippen molar-refractivity contribution in [2.24, 2.45) is 5.73 Å². The van der Waals surface area contributed by atoms with E-state index >= 15 is 0 Å². The minimum absolute atomic E-state index is 0.0589. The summed E-state index contributed by atoms with van der Waals surface area (Å²) in [5, 5.41) is 5.87. The third kappa shape index (κ3) is 5.77. The molecule has 5 N–H and O–H groups in total. The second kappa shape index (κ2) is 9.16. The average molecular weight is 404 g/mol. The maximum absolute atomic E-state index is 12.4. The van der Waals surface area contributed by atoms with Crippen molar-refractivity contribution in [2.75, 3.05) is 24.2 Å². The number of benzene rings is 2. The number of rotatable bonds is 8. The zero-order valence-corrected chi connectivity index (χ0v) is 16.1. The van der Waals surface area contributed by atoms with Crippen LogP contribution in [0.25, 0.3) is 0 Å². The number of sulfonamides is 1. The van der Waals surface area contributed by atoms with Gasteiger partial charge in [-0.25, -0.2) is 13.1 Å². The molecule has 8 nitrogen and oxygen atoms in total. The molecule has 1 fully saturated rings. The first-order valence-corrected chi connectivity index (χ1v) is 10.7. The van der Waals surface area contributed by atoms with Gasteiger partial charge in [0.1, 0.15) is 11.5 Å². The van der Waals surface area contributed by atoms with Gasteiger partial charge in [-0.1, -0.05) is 18.2 Å². The lowest BCUT2D eigenvalue weighted by molar-refractivity contribution is -0.117. The van der Waals surface area contributed by atoms with Crippen LogP contribution in [-0.4, -0.2) is 45.3 Å². The number of ether oxygens (including phenoxy) is 1. The summed E-state index contributed by atoms with van der Waals surface area (Å²) in [5.74, 6) is 1.06. The van der Waals surface area contributed by atoms with Crippen molar-refractivity contribution >= 4 is 21.6 Å². The van der Waals surface area contributed by atoms with Crippen LogP contribution in [0.1, 0.15) is 6.42 Å². The molecule has 9 heteroatoms. The van der Waals surface area contributed by atoms with Crippen molar-refractivity contribution in [1.82, 2.24) is 10.0 Å². The zero-order chi connectivity index (χ0) is 20.0. The minimum Gasteiger partial charge on any atom is -0.457 e. The van der Waals surface area contributed by atoms with Crippen LogP contribution in [0.2, 0.25) is 0 Å². The van der Waals surface area contributed by atoms with Gasteiger partial charge in [-0.05, 0) is 42.8 Å². The maximum atomic E-state index is 12.4. The molecule has 1 amide bonds. The first kappa shape index (κ1) is 20.3. The Labute approximate surface area is 164 Å². The number of carbonyl (C=O) groups excluding carboxylic acids is 1. The molecule has 0 saturated carbocycles. The molecule has 0 aromatic heterocycles. The van der Waals surface area contributed by atoms with E-state index < -0.39 is 16.1 Å². The smallest absolute Gasteiger partial charge is 0.241 e. The average Bonchev–Trinajstić information content (AvgIpc) is 3.12. The van der Waals surface area contributed by atoms with Gasteiger partial charge in [-0.15, -0.1) is 0 Å². The van der Waals surface area contributed by atoms with Crippen LogP contribution in [-0.2, 0) is 14.8 Å². The van der Waals surface area contributed by atoms with E-state index in [2.05, 4.69) is 15.4 Å². The van der Waals surface area contributed by atoms with E-state index in [0.29, 0.717) is 24.4 Å². The molecule has 1 heterocycles. The number of hydrogen-bond donors (Lipinski definition) is 4. The molecule has 28 heavy (non-hydrogen) atoms. The molecule has 150 valence electrons. The monoisotopic (exact) mass is 404 g/mol. The van der Waals surface area contributed by atoms with Gasteiger partial charge in [0, 0.05) is 24.8 Å². The van der Waals surface area contributed by atoms with E-state index in [-0.39, 0.29) is 24.2 Å². The Morgan fingerprint density at radius 2 is 1.79 bits per heavy atom. The highest BCUT2D eigenvalue weighted by Crippen LogP contribution is 2.23. The summed E-state index contributed by atoms with van der Waals surface area (Å²) in [6, 6.07) is 15.7. The molecule has 3 rings (SSSR count). The fraction of sp³-hybridized carbons (Fsp3) is 0.316. The highest BCUT2D eigenvalue weighted by atomic mass is 32.2. The van der Waals surface area contributed by atoms with Gasteiger partial charge in [0.15, 0.2) is 0 Å². The van der Waals surface area contributed by atoms with E-state index in [1.165, 1.54) is 0 Å². The molecule has 1 aliphatic heterocycles. The van der Waals surface area contributed by atoms with Gasteiger partial charge in [0.25, 0.3) is 0 Å². The lowest BCUT2D eigenvalue weighted by Gasteiger charge is -2.13. The number of anilines is 1. The maximum Gasteiger partial charge on any atom is 0.241 e. The van der Waals surface area contributed by atoms with Crippen LogP contribution in [0.4, 0.5) is 5.69 Å². The summed E-state index contributed by atoms with van der Waals surface area (Å²) in [5.41, 5.74) is 5.93. The standard InChI is InChI=1S/C19H24N4O4S/c20-10-11-28(25,26)23-15-12-18(21-13-15)19(24)22-14-6-8-17(9-7-14)27-16-4-2-1-3-5-16/h1-9,15,18,21,23H,10-13,20H2,(H,22,24)/t15?,18-/m0/s1. The van der Waals surface area contributed by atoms with Crippen LogP contribution in [0.15, 0.2) is 54.6 Å². The molecule has 2 atom stereocenters. The van der Waals surface area contributed by atoms with Crippen molar-refractivity contribution in [1.29, 1.82) is 0 Å². The number of para-hydroxylation sites is 1. The molecule has 2 aromatic carbocycles. The van der Waals surface area contributed by atoms with Gasteiger partial charge in [-0.2, -0.15) is 0 Å². The number of amides is 1. The van der Waals surface area contributed by atoms with Gasteiger partial charge in [-0.3, -0.25) is 4.79 Å². The van der Waals surface area contributed by atoms with Crippen molar-refractivity contribution in [3.8, 4) is 11.5 Å². The number of nitrogens with two attached hydrogens (primary N) is 1. The first-order chi connectivity index (χ1) is 13.4. The second-order valence-electron chi connectivity index (χ2n) is 6.55. The van der Waals surface area contributed by atoms with Crippen molar-refractivity contribution < 1.29 is 17.9 Å². The predicted octanol–water partition coefficient (Wildman–Crippen LogP) is 1.03. The third-order valence-electron chi connectivity index (χ3n) is 4.28. The van der Waals surface area contributed by atoms with E-state index in [9.17, 15) is 13.2 Å². The molecular weight excluding hydrogens is 380 g/mol. The Morgan fingerprint density at radius 1 is 1.11 bits per heavy atom. The van der Waals surface area contributed by atoms with Gasteiger partial charge >= 0.3 is 0 Å². The lowest BCUT2D eigenvalue weighted by Crippen LogP contribution is -2.39. The molecule has 0 aliphatic carbocycles. The summed E-state index contributed by atoms with van der Waals surface area (Å²) in [6.45, 7) is 0.453. The summed E-state index contributed by atoms with van der Waals surface area (Å²) in [4.78, 5) is 12.4. The first-order valence-electron chi connectivity index (χ1n) is 9.02. The van der Waals surface area contributed by atoms with E-state index in [0.717, 1.165) is 5.75 Å². The Bertz CT molecular complexity index is 888. The van der Waals surface area contributed by atoms with Gasteiger partial charge in [0.2, 0.25) is 15.9 Å². The van der Waals surface area contributed by atoms with Crippen molar-refractivity contribution in [3.63, 3.8) is 0 Å². The molecule has 0 spiro atoms. The molecule has 1 unspecified atom stereocenters. The second-order valence-corrected chi connectivity index (χ2v) is 8.42. The number of hydrogen-bond acceptors (Lipinski definition) is 6. The summed E-state index contributed by atoms with van der Waals surface area (Å²) in [7, 11) is -3.41. The zero-order valence-electron chi connectivity index (χ0n) is 15.3. The summed E-state index contributed by atoms with van der Waals surface area (Å²) in [6.07, 6.45) is 0.380. The largest absolute Gasteiger partial charge is 0.457 e. The van der Waals surface area contributed by atoms with Gasteiger partial charge < -0.3 is 21.1 Å². The van der Waals surface area contributed by atoms with E-state index in [1.54, 1.807) is 24.3 Å². The van der Waals surface area contributed by atoms with Crippen LogP contribution in [0, 0.1) is 0 Å². The number of carbonyl (C=O) groups is 1. The van der Waals surface area contributed by atoms with Crippen molar-refractivity contribution in [2.45, 2.75) is 18.5 Å². The molecule has 1 aliphatic rings. The third-order valence-corrected chi connectivity index (χ3v) is 5.75. The van der Waals surface area contributed by atoms with E-state index in [4.69, 9.17) is 10.5 Å². The predicted molar refractivity (Wildman–Crippen MR) is 108 cm³/mol. The Balaban J connectivity index is 1.51. The summed E-state index contributed by atoms with van der Waals surface area (Å²) >= 11 is 0. The SMILES string of the molecule is NCCS(=O)(=O)NC1CN[C@H](C(=O)Nc2ccc(Oc3ccccc3)cc2)C1. The Kier molecular flexibility index (Phi) is 6.63. The molecule has 0 bridgehead atoms. The number of nitrogens with one attached hydrogen (secondary N) is 3. The Hall–Kier alpha value is -2.46. The normalized spacial score (nSPS) is 19.3. The quantitative estimate of drug-likeness (QED) is 0.521. The molecule has 0 radical (unpaired) electrons. The van der Waals surface area contributed by atoms with Crippen LogP contribution in [0.5, 0.6) is 11.5 Å². The highest BCUT2D eigenvalue weighted by Gasteiger charge is 2.31. The minimum atomic E-state index is -3.41. The van der Waals surface area contributed by atoms with Crippen LogP contribution in [0.3, 0.4) is 0 Å². The molecule has 1 saturated heterocycles. The summed E-state index contributed by atoms with van der Waals surface area (Å²) < 4.78 is 31.9. The van der Waals surface area contributed by atoms with Gasteiger partial charge in [0.05, 0.1) is 11.8 Å². The Morgan fingerprint density at radius 3 is 2.46 bits per heavy atom. The fourth-order valence-electron chi connectivity index (χ4n) is 2.95. The molecular formula is C19H24N4O4S. The fourth-order valence-corrected chi connectivity index (χ4v) is 4.07. The highest BCUT2D eigenvalue weighted by molar-refractivity contribution is 7.89. The van der Waals surface area contributed by atoms with E-state index in [1.807, 2.05) is 30.3 Å².